The Hall–Kier alpha value is -7.61. The molecule has 0 N–H and O–H groups in total. The van der Waals surface area contributed by atoms with Gasteiger partial charge in [-0.05, 0) is 87.0 Å². The number of nitriles is 2. The summed E-state index contributed by atoms with van der Waals surface area (Å²) in [6, 6.07) is 53.5. The number of fused-ring (bicyclic) bond motifs is 8. The van der Waals surface area contributed by atoms with Crippen LogP contribution in [0.4, 0.5) is 0 Å². The van der Waals surface area contributed by atoms with Gasteiger partial charge in [-0.1, -0.05) is 139 Å². The molecule has 0 fully saturated rings. The first-order valence-electron chi connectivity index (χ1n) is 19.2. The van der Waals surface area contributed by atoms with Crippen molar-refractivity contribution in [3.05, 3.63) is 191 Å². The maximum atomic E-state index is 9.60. The summed E-state index contributed by atoms with van der Waals surface area (Å²) < 4.78 is 6.14. The molecule has 0 atom stereocenters. The van der Waals surface area contributed by atoms with E-state index in [0.29, 0.717) is 5.75 Å². The Labute approximate surface area is 369 Å². The van der Waals surface area contributed by atoms with Crippen LogP contribution in [-0.4, -0.2) is 9.97 Å². The monoisotopic (exact) mass is 852 g/mol. The van der Waals surface area contributed by atoms with Gasteiger partial charge in [0.1, 0.15) is 23.6 Å². The number of ether oxygens (including phenoxy) is 1. The zero-order valence-corrected chi connectivity index (χ0v) is 36.1. The van der Waals surface area contributed by atoms with Crippen molar-refractivity contribution >= 4 is 58.0 Å². The topological polar surface area (TPSA) is 111 Å². The van der Waals surface area contributed by atoms with Crippen molar-refractivity contribution in [1.29, 1.82) is 10.5 Å². The number of hydrogen-bond acceptors (Lipinski definition) is 5. The smallest absolute Gasteiger partial charge is 0.657 e. The normalized spacial score (nSPS) is 11.4. The van der Waals surface area contributed by atoms with E-state index in [0.717, 1.165) is 89.4 Å². The Morgan fingerprint density at radius 1 is 0.443 bits per heavy atom. The standard InChI is InChI=1S/C52H29ClN6O.Zn/c53-39-28-36(30-54)37(31-55)29-48(39)60-38-18-16-35(17-19-38)52-46-26-24-44(58-46)50(33-12-6-2-7-13-33)42-22-20-40(56-42)49(32-10-4-1-5-11-32)41-21-23-43(57-41)51(34-14-8-3-9-15-34)45-25-27-47(52)59-45;/h1-29H;/q-2;+2. The van der Waals surface area contributed by atoms with Gasteiger partial charge in [-0.2, -0.15) is 10.5 Å². The molecule has 8 aromatic rings. The summed E-state index contributed by atoms with van der Waals surface area (Å²) in [6.07, 6.45) is 8.20. The fourth-order valence-electron chi connectivity index (χ4n) is 7.72. The fraction of sp³-hybridized carbons (Fsp3) is 0. The predicted molar refractivity (Wildman–Crippen MR) is 239 cm³/mol. The van der Waals surface area contributed by atoms with E-state index in [-0.39, 0.29) is 41.4 Å². The van der Waals surface area contributed by atoms with E-state index >= 15 is 0 Å². The Kier molecular flexibility index (Phi) is 10.6. The third-order valence-corrected chi connectivity index (χ3v) is 10.8. The second-order valence-electron chi connectivity index (χ2n) is 14.1. The second kappa shape index (κ2) is 16.6. The molecule has 2 aliphatic rings. The molecule has 0 radical (unpaired) electrons. The Morgan fingerprint density at radius 2 is 0.787 bits per heavy atom. The largest absolute Gasteiger partial charge is 2.00 e. The van der Waals surface area contributed by atoms with Gasteiger partial charge in [0.25, 0.3) is 0 Å². The molecule has 0 aliphatic carbocycles. The van der Waals surface area contributed by atoms with E-state index < -0.39 is 0 Å². The van der Waals surface area contributed by atoms with Gasteiger partial charge >= 0.3 is 19.5 Å². The number of benzene rings is 5. The molecular formula is C52H29ClN6OZn. The molecule has 5 aromatic carbocycles. The quantitative estimate of drug-likeness (QED) is 0.153. The molecular weight excluding hydrogens is 825 g/mol. The summed E-state index contributed by atoms with van der Waals surface area (Å²) in [5.41, 5.74) is 14.0. The molecule has 0 spiro atoms. The third kappa shape index (κ3) is 7.37. The number of nitrogens with zero attached hydrogens (tertiary/aromatic N) is 6. The minimum Gasteiger partial charge on any atom is -0.657 e. The first-order valence-corrected chi connectivity index (χ1v) is 19.6. The fourth-order valence-corrected chi connectivity index (χ4v) is 7.92. The SMILES string of the molecule is N#Cc1cc(Cl)c(Oc2ccc(-c3c4nc(c(-c5ccccc5)c5ccc([n-]5)c(-c5ccccc5)c5nc(c(-c6ccccc6)c6ccc3[n-]6)C=C5)C=C4)cc2)cc1C#N.[Zn+2]. The van der Waals surface area contributed by atoms with Gasteiger partial charge in [0.05, 0.1) is 38.9 Å². The summed E-state index contributed by atoms with van der Waals surface area (Å²) in [5, 5.41) is 19.3. The Morgan fingerprint density at radius 3 is 1.15 bits per heavy atom. The number of hydrogen-bond donors (Lipinski definition) is 0. The van der Waals surface area contributed by atoms with Gasteiger partial charge < -0.3 is 14.7 Å². The second-order valence-corrected chi connectivity index (χ2v) is 14.5. The number of halogens is 1. The van der Waals surface area contributed by atoms with Gasteiger partial charge in [0, 0.05) is 6.07 Å². The van der Waals surface area contributed by atoms with Crippen molar-refractivity contribution < 1.29 is 24.2 Å². The molecule has 8 bridgehead atoms. The minimum atomic E-state index is 0. The van der Waals surface area contributed by atoms with Gasteiger partial charge in [0.15, 0.2) is 0 Å². The third-order valence-electron chi connectivity index (χ3n) is 10.5. The van der Waals surface area contributed by atoms with E-state index in [4.69, 9.17) is 36.3 Å². The first-order chi connectivity index (χ1) is 29.5. The Balaban J connectivity index is 0.00000476. The van der Waals surface area contributed by atoms with Gasteiger partial charge in [-0.3, -0.25) is 0 Å². The van der Waals surface area contributed by atoms with E-state index in [1.54, 1.807) is 0 Å². The molecule has 7 nitrogen and oxygen atoms in total. The van der Waals surface area contributed by atoms with Gasteiger partial charge in [-0.25, -0.2) is 9.97 Å². The average molecular weight is 855 g/mol. The van der Waals surface area contributed by atoms with Crippen molar-refractivity contribution in [3.63, 3.8) is 0 Å². The van der Waals surface area contributed by atoms with Crippen LogP contribution in [0.3, 0.4) is 0 Å². The molecule has 5 heterocycles. The van der Waals surface area contributed by atoms with Crippen molar-refractivity contribution in [2.75, 3.05) is 0 Å². The zero-order valence-electron chi connectivity index (χ0n) is 32.4. The molecule has 282 valence electrons. The summed E-state index contributed by atoms with van der Waals surface area (Å²) in [4.78, 5) is 21.3. The maximum absolute atomic E-state index is 9.60. The maximum Gasteiger partial charge on any atom is 2.00 e. The van der Waals surface area contributed by atoms with Crippen LogP contribution < -0.4 is 14.7 Å². The van der Waals surface area contributed by atoms with Gasteiger partial charge in [-0.15, -0.1) is 22.1 Å². The van der Waals surface area contributed by atoms with Crippen LogP contribution in [0.15, 0.2) is 152 Å². The van der Waals surface area contributed by atoms with Crippen molar-refractivity contribution in [1.82, 2.24) is 19.9 Å². The van der Waals surface area contributed by atoms with Gasteiger partial charge in [0.2, 0.25) is 0 Å². The summed E-state index contributed by atoms with van der Waals surface area (Å²) >= 11 is 6.47. The Bertz CT molecular complexity index is 3270. The summed E-state index contributed by atoms with van der Waals surface area (Å²) in [5.74, 6) is 0.773. The van der Waals surface area contributed by atoms with E-state index in [9.17, 15) is 10.5 Å². The molecule has 0 saturated carbocycles. The first kappa shape index (κ1) is 38.9. The van der Waals surface area contributed by atoms with E-state index in [1.807, 2.05) is 115 Å². The molecule has 9 heteroatoms. The van der Waals surface area contributed by atoms with Crippen molar-refractivity contribution in [2.45, 2.75) is 0 Å². The zero-order chi connectivity index (χ0) is 40.6. The van der Waals surface area contributed by atoms with Crippen LogP contribution in [0.25, 0.3) is 90.9 Å². The molecule has 2 aliphatic heterocycles. The molecule has 0 saturated heterocycles. The number of rotatable bonds is 6. The van der Waals surface area contributed by atoms with Crippen molar-refractivity contribution in [2.24, 2.45) is 0 Å². The molecule has 61 heavy (non-hydrogen) atoms. The van der Waals surface area contributed by atoms with Crippen LogP contribution in [0.1, 0.15) is 33.9 Å². The van der Waals surface area contributed by atoms with Crippen LogP contribution in [0.5, 0.6) is 11.5 Å². The molecule has 3 aromatic heterocycles. The number of aromatic nitrogens is 4. The molecule has 0 amide bonds. The van der Waals surface area contributed by atoms with E-state index in [2.05, 4.69) is 60.7 Å². The molecule has 10 rings (SSSR count). The van der Waals surface area contributed by atoms with Crippen LogP contribution in [-0.2, 0) is 19.5 Å². The predicted octanol–water partition coefficient (Wildman–Crippen LogP) is 12.8. The average Bonchev–Trinajstić information content (AvgIpc) is 4.14. The summed E-state index contributed by atoms with van der Waals surface area (Å²) in [6.45, 7) is 0. The molecule has 0 unspecified atom stereocenters. The van der Waals surface area contributed by atoms with Crippen LogP contribution >= 0.6 is 11.6 Å². The minimum absolute atomic E-state index is 0. The van der Waals surface area contributed by atoms with Crippen molar-refractivity contribution in [3.8, 4) is 68.1 Å². The van der Waals surface area contributed by atoms with Crippen LogP contribution in [0, 0.1) is 22.7 Å². The van der Waals surface area contributed by atoms with Crippen LogP contribution in [0.2, 0.25) is 5.02 Å². The van der Waals surface area contributed by atoms with E-state index in [1.165, 1.54) is 12.1 Å². The summed E-state index contributed by atoms with van der Waals surface area (Å²) in [7, 11) is 0.